The first-order chi connectivity index (χ1) is 9.38. The molecule has 2 N–H and O–H groups in total. The Hall–Kier alpha value is -1.95. The van der Waals surface area contributed by atoms with Gasteiger partial charge in [-0.15, -0.1) is 11.3 Å². The second-order valence-electron chi connectivity index (χ2n) is 4.76. The van der Waals surface area contributed by atoms with E-state index in [1.807, 2.05) is 20.8 Å². The van der Waals surface area contributed by atoms with Gasteiger partial charge in [0.1, 0.15) is 5.56 Å². The lowest BCUT2D eigenvalue weighted by atomic mass is 10.2. The molecule has 1 unspecified atom stereocenters. The Morgan fingerprint density at radius 2 is 2.05 bits per heavy atom. The zero-order valence-electron chi connectivity index (χ0n) is 11.9. The molecule has 0 radical (unpaired) electrons. The fourth-order valence-corrected chi connectivity index (χ4v) is 2.97. The maximum absolute atomic E-state index is 12.1. The smallest absolute Gasteiger partial charge is 0.260 e. The Labute approximate surface area is 121 Å². The summed E-state index contributed by atoms with van der Waals surface area (Å²) in [5.41, 5.74) is 1.40. The fourth-order valence-electron chi connectivity index (χ4n) is 2.04. The number of aromatic amines is 1. The van der Waals surface area contributed by atoms with Gasteiger partial charge < -0.3 is 10.3 Å². The Morgan fingerprint density at radius 1 is 1.35 bits per heavy atom. The minimum atomic E-state index is -0.371. The molecule has 6 heteroatoms. The molecule has 0 aliphatic carbocycles. The highest BCUT2D eigenvalue weighted by Gasteiger charge is 2.17. The summed E-state index contributed by atoms with van der Waals surface area (Å²) >= 11 is 1.55. The summed E-state index contributed by atoms with van der Waals surface area (Å²) < 4.78 is 0. The van der Waals surface area contributed by atoms with Crippen LogP contribution in [0.15, 0.2) is 16.9 Å². The number of pyridine rings is 1. The van der Waals surface area contributed by atoms with E-state index in [1.165, 1.54) is 0 Å². The third-order valence-electron chi connectivity index (χ3n) is 2.98. The maximum atomic E-state index is 12.1. The van der Waals surface area contributed by atoms with Crippen molar-refractivity contribution in [2.45, 2.75) is 33.7 Å². The highest BCUT2D eigenvalue weighted by molar-refractivity contribution is 7.11. The van der Waals surface area contributed by atoms with Crippen molar-refractivity contribution in [3.8, 4) is 0 Å². The molecule has 0 aliphatic rings. The van der Waals surface area contributed by atoms with Crippen LogP contribution in [0.5, 0.6) is 0 Å². The number of amides is 1. The summed E-state index contributed by atoms with van der Waals surface area (Å²) in [5, 5.41) is 3.80. The van der Waals surface area contributed by atoms with Crippen LogP contribution in [0, 0.1) is 20.8 Å². The molecule has 5 nitrogen and oxygen atoms in total. The number of rotatable bonds is 3. The van der Waals surface area contributed by atoms with E-state index >= 15 is 0 Å². The highest BCUT2D eigenvalue weighted by atomic mass is 32.1. The lowest BCUT2D eigenvalue weighted by Gasteiger charge is -2.12. The van der Waals surface area contributed by atoms with Crippen LogP contribution < -0.4 is 10.9 Å². The van der Waals surface area contributed by atoms with Crippen LogP contribution in [0.2, 0.25) is 0 Å². The van der Waals surface area contributed by atoms with Gasteiger partial charge >= 0.3 is 0 Å². The van der Waals surface area contributed by atoms with Gasteiger partial charge in [-0.2, -0.15) is 0 Å². The molecule has 0 fully saturated rings. The molecule has 1 atom stereocenters. The average molecular weight is 291 g/mol. The minimum Gasteiger partial charge on any atom is -0.344 e. The molecular formula is C14H17N3O2S. The van der Waals surface area contributed by atoms with Crippen LogP contribution in [0.4, 0.5) is 0 Å². The quantitative estimate of drug-likeness (QED) is 0.910. The number of carbonyl (C=O) groups is 1. The average Bonchev–Trinajstić information content (AvgIpc) is 2.68. The van der Waals surface area contributed by atoms with Crippen molar-refractivity contribution in [1.29, 1.82) is 0 Å². The van der Waals surface area contributed by atoms with E-state index in [-0.39, 0.29) is 23.1 Å². The predicted molar refractivity (Wildman–Crippen MR) is 79.3 cm³/mol. The first kappa shape index (κ1) is 14.5. The molecule has 2 aromatic rings. The molecule has 0 aliphatic heterocycles. The van der Waals surface area contributed by atoms with E-state index < -0.39 is 0 Å². The van der Waals surface area contributed by atoms with Crippen molar-refractivity contribution >= 4 is 17.2 Å². The molecule has 0 spiro atoms. The Bertz CT molecular complexity index is 703. The van der Waals surface area contributed by atoms with Gasteiger partial charge in [0, 0.05) is 10.6 Å². The van der Waals surface area contributed by atoms with Crippen molar-refractivity contribution in [3.05, 3.63) is 49.3 Å². The van der Waals surface area contributed by atoms with Crippen LogP contribution in [0.3, 0.4) is 0 Å². The van der Waals surface area contributed by atoms with Gasteiger partial charge in [-0.1, -0.05) is 0 Å². The lowest BCUT2D eigenvalue weighted by molar-refractivity contribution is 0.0939. The molecule has 2 heterocycles. The summed E-state index contributed by atoms with van der Waals surface area (Å²) in [4.78, 5) is 31.9. The third-order valence-corrected chi connectivity index (χ3v) is 4.24. The number of hydrogen-bond acceptors (Lipinski definition) is 4. The van der Waals surface area contributed by atoms with Crippen LogP contribution in [-0.2, 0) is 0 Å². The van der Waals surface area contributed by atoms with E-state index in [9.17, 15) is 9.59 Å². The fraction of sp³-hybridized carbons (Fsp3) is 0.357. The molecular weight excluding hydrogens is 274 g/mol. The number of thiazole rings is 1. The number of nitrogens with one attached hydrogen (secondary N) is 2. The van der Waals surface area contributed by atoms with E-state index in [1.54, 1.807) is 30.4 Å². The zero-order valence-corrected chi connectivity index (χ0v) is 12.7. The molecule has 2 rings (SSSR count). The number of aryl methyl sites for hydroxylation is 3. The van der Waals surface area contributed by atoms with Gasteiger partial charge in [0.15, 0.2) is 0 Å². The molecule has 0 saturated carbocycles. The van der Waals surface area contributed by atoms with Gasteiger partial charge in [-0.25, -0.2) is 4.98 Å². The van der Waals surface area contributed by atoms with Crippen LogP contribution in [0.25, 0.3) is 0 Å². The molecule has 0 bridgehead atoms. The molecule has 1 amide bonds. The number of nitrogens with zero attached hydrogens (tertiary/aromatic N) is 1. The predicted octanol–water partition coefficient (Wildman–Crippen LogP) is 2.25. The van der Waals surface area contributed by atoms with Crippen molar-refractivity contribution in [2.24, 2.45) is 0 Å². The van der Waals surface area contributed by atoms with E-state index in [0.29, 0.717) is 0 Å². The topological polar surface area (TPSA) is 74.8 Å². The molecule has 0 aromatic carbocycles. The molecule has 106 valence electrons. The normalized spacial score (nSPS) is 12.2. The second kappa shape index (κ2) is 5.58. The van der Waals surface area contributed by atoms with Crippen LogP contribution >= 0.6 is 11.3 Å². The maximum Gasteiger partial charge on any atom is 0.260 e. The van der Waals surface area contributed by atoms with Crippen molar-refractivity contribution < 1.29 is 4.79 Å². The lowest BCUT2D eigenvalue weighted by Crippen LogP contribution is -2.31. The SMILES string of the molecule is Cc1ccc(C(=O)NC(C)c2sc(C)nc2C)c(=O)[nH]1. The third kappa shape index (κ3) is 2.96. The number of H-pyrrole nitrogens is 1. The van der Waals surface area contributed by atoms with Crippen molar-refractivity contribution in [3.63, 3.8) is 0 Å². The second-order valence-corrected chi connectivity index (χ2v) is 6.00. The molecule has 0 saturated heterocycles. The molecule has 20 heavy (non-hydrogen) atoms. The van der Waals surface area contributed by atoms with Crippen LogP contribution in [-0.4, -0.2) is 15.9 Å². The zero-order chi connectivity index (χ0) is 14.9. The Kier molecular flexibility index (Phi) is 4.04. The van der Waals surface area contributed by atoms with Gasteiger partial charge in [0.05, 0.1) is 16.7 Å². The standard InChI is InChI=1S/C14H17N3O2S/c1-7-5-6-11(13(18)15-7)14(19)17-9(3)12-8(2)16-10(4)20-12/h5-6,9H,1-4H3,(H,15,18)(H,17,19). The summed E-state index contributed by atoms with van der Waals surface area (Å²) in [7, 11) is 0. The summed E-state index contributed by atoms with van der Waals surface area (Å²) in [6.07, 6.45) is 0. The number of carbonyl (C=O) groups excluding carboxylic acids is 1. The minimum absolute atomic E-state index is 0.126. The summed E-state index contributed by atoms with van der Waals surface area (Å²) in [6, 6.07) is 3.08. The first-order valence-electron chi connectivity index (χ1n) is 6.33. The highest BCUT2D eigenvalue weighted by Crippen LogP contribution is 2.24. The first-order valence-corrected chi connectivity index (χ1v) is 7.15. The van der Waals surface area contributed by atoms with E-state index in [0.717, 1.165) is 21.3 Å². The number of aromatic nitrogens is 2. The van der Waals surface area contributed by atoms with Gasteiger partial charge in [-0.05, 0) is 39.8 Å². The Morgan fingerprint density at radius 3 is 2.60 bits per heavy atom. The number of hydrogen-bond donors (Lipinski definition) is 2. The van der Waals surface area contributed by atoms with Gasteiger partial charge in [0.2, 0.25) is 0 Å². The Balaban J connectivity index is 2.19. The summed E-state index contributed by atoms with van der Waals surface area (Å²) in [5.74, 6) is -0.371. The van der Waals surface area contributed by atoms with E-state index in [4.69, 9.17) is 0 Å². The monoisotopic (exact) mass is 291 g/mol. The largest absolute Gasteiger partial charge is 0.344 e. The van der Waals surface area contributed by atoms with Gasteiger partial charge in [0.25, 0.3) is 11.5 Å². The van der Waals surface area contributed by atoms with Crippen molar-refractivity contribution in [2.75, 3.05) is 0 Å². The van der Waals surface area contributed by atoms with Crippen LogP contribution in [0.1, 0.15) is 44.6 Å². The van der Waals surface area contributed by atoms with Gasteiger partial charge in [-0.3, -0.25) is 9.59 Å². The van der Waals surface area contributed by atoms with Crippen molar-refractivity contribution in [1.82, 2.24) is 15.3 Å². The summed E-state index contributed by atoms with van der Waals surface area (Å²) in [6.45, 7) is 7.51. The molecule has 2 aromatic heterocycles. The van der Waals surface area contributed by atoms with E-state index in [2.05, 4.69) is 15.3 Å².